The van der Waals surface area contributed by atoms with E-state index in [2.05, 4.69) is 10.3 Å². The number of benzene rings is 1. The van der Waals surface area contributed by atoms with E-state index >= 15 is 0 Å². The van der Waals surface area contributed by atoms with E-state index in [1.54, 1.807) is 36.5 Å². The van der Waals surface area contributed by atoms with E-state index in [-0.39, 0.29) is 10.8 Å². The summed E-state index contributed by atoms with van der Waals surface area (Å²) in [6.07, 6.45) is 1.61. The summed E-state index contributed by atoms with van der Waals surface area (Å²) >= 11 is 4.85. The number of thiocarbonyl (C=S) groups is 1. The second kappa shape index (κ2) is 5.55. The zero-order valence-corrected chi connectivity index (χ0v) is 10.4. The lowest BCUT2D eigenvalue weighted by molar-refractivity contribution is 0.613. The molecule has 0 spiro atoms. The van der Waals surface area contributed by atoms with Crippen LogP contribution in [0.4, 0.5) is 10.1 Å². The number of pyridine rings is 1. The van der Waals surface area contributed by atoms with Crippen LogP contribution in [0.3, 0.4) is 0 Å². The molecule has 0 bridgehead atoms. The molecule has 1 aromatic heterocycles. The van der Waals surface area contributed by atoms with Gasteiger partial charge in [-0.25, -0.2) is 4.39 Å². The van der Waals surface area contributed by atoms with Gasteiger partial charge < -0.3 is 11.1 Å². The molecule has 3 nitrogen and oxygen atoms in total. The number of aromatic nitrogens is 1. The van der Waals surface area contributed by atoms with E-state index in [4.69, 9.17) is 18.0 Å². The van der Waals surface area contributed by atoms with Crippen molar-refractivity contribution < 1.29 is 4.39 Å². The van der Waals surface area contributed by atoms with Crippen molar-refractivity contribution in [1.82, 2.24) is 4.98 Å². The highest BCUT2D eigenvalue weighted by atomic mass is 32.1. The normalized spacial score (nSPS) is 10.1. The van der Waals surface area contributed by atoms with Crippen LogP contribution in [0.15, 0.2) is 42.6 Å². The van der Waals surface area contributed by atoms with Crippen LogP contribution < -0.4 is 11.1 Å². The first kappa shape index (κ1) is 12.4. The Morgan fingerprint density at radius 1 is 1.33 bits per heavy atom. The molecule has 0 aliphatic heterocycles. The minimum absolute atomic E-state index is 0.228. The van der Waals surface area contributed by atoms with Crippen LogP contribution in [0, 0.1) is 5.82 Å². The minimum atomic E-state index is -0.228. The summed E-state index contributed by atoms with van der Waals surface area (Å²) in [5.74, 6) is -0.228. The molecule has 0 saturated heterocycles. The van der Waals surface area contributed by atoms with Gasteiger partial charge in [-0.15, -0.1) is 0 Å². The van der Waals surface area contributed by atoms with Crippen molar-refractivity contribution in [1.29, 1.82) is 0 Å². The second-order valence-corrected chi connectivity index (χ2v) is 4.18. The molecule has 2 aromatic rings. The van der Waals surface area contributed by atoms with Gasteiger partial charge >= 0.3 is 0 Å². The molecule has 0 aliphatic rings. The molecule has 92 valence electrons. The Kier molecular flexibility index (Phi) is 3.84. The van der Waals surface area contributed by atoms with Crippen molar-refractivity contribution in [3.63, 3.8) is 0 Å². The molecule has 0 amide bonds. The first-order chi connectivity index (χ1) is 8.66. The molecule has 3 N–H and O–H groups in total. The maximum Gasteiger partial charge on any atom is 0.128 e. The highest BCUT2D eigenvalue weighted by Gasteiger charge is 2.02. The van der Waals surface area contributed by atoms with Gasteiger partial charge in [0.15, 0.2) is 0 Å². The van der Waals surface area contributed by atoms with E-state index < -0.39 is 0 Å². The maximum absolute atomic E-state index is 13.4. The third kappa shape index (κ3) is 3.01. The molecule has 0 aliphatic carbocycles. The monoisotopic (exact) mass is 261 g/mol. The van der Waals surface area contributed by atoms with E-state index in [1.807, 2.05) is 0 Å². The van der Waals surface area contributed by atoms with E-state index in [1.165, 1.54) is 6.07 Å². The number of rotatable bonds is 4. The number of hydrogen-bond donors (Lipinski definition) is 2. The summed E-state index contributed by atoms with van der Waals surface area (Å²) in [4.78, 5) is 4.27. The van der Waals surface area contributed by atoms with Gasteiger partial charge in [0, 0.05) is 24.0 Å². The predicted molar refractivity (Wildman–Crippen MR) is 73.9 cm³/mol. The highest BCUT2D eigenvalue weighted by molar-refractivity contribution is 7.80. The molecule has 1 heterocycles. The van der Waals surface area contributed by atoms with E-state index in [0.717, 1.165) is 5.69 Å². The number of nitrogens with zero attached hydrogens (tertiary/aromatic N) is 1. The fourth-order valence-corrected chi connectivity index (χ4v) is 1.63. The lowest BCUT2D eigenvalue weighted by atomic mass is 10.2. The molecule has 0 fully saturated rings. The summed E-state index contributed by atoms with van der Waals surface area (Å²) in [5, 5.41) is 3.10. The summed E-state index contributed by atoms with van der Waals surface area (Å²) in [7, 11) is 0. The Labute approximate surface area is 110 Å². The van der Waals surface area contributed by atoms with Gasteiger partial charge in [-0.1, -0.05) is 30.4 Å². The standard InChI is InChI=1S/C13H12FN3S/c14-11-4-2-1-3-9(11)8-17-10-5-6-16-12(7-10)13(15)18/h1-7H,8H2,(H2,15,18)(H,16,17). The van der Waals surface area contributed by atoms with E-state index in [0.29, 0.717) is 17.8 Å². The summed E-state index contributed by atoms with van der Waals surface area (Å²) in [6.45, 7) is 0.396. The maximum atomic E-state index is 13.4. The van der Waals surface area contributed by atoms with Crippen LogP contribution in [0.5, 0.6) is 0 Å². The Morgan fingerprint density at radius 3 is 2.83 bits per heavy atom. The third-order valence-electron chi connectivity index (χ3n) is 2.45. The molecule has 0 atom stereocenters. The summed E-state index contributed by atoms with van der Waals surface area (Å²) < 4.78 is 13.4. The topological polar surface area (TPSA) is 50.9 Å². The van der Waals surface area contributed by atoms with Crippen molar-refractivity contribution in [3.05, 3.63) is 59.7 Å². The molecule has 2 rings (SSSR count). The highest BCUT2D eigenvalue weighted by Crippen LogP contribution is 2.12. The van der Waals surface area contributed by atoms with Gasteiger partial charge in [-0.2, -0.15) is 0 Å². The van der Waals surface area contributed by atoms with Crippen molar-refractivity contribution in [3.8, 4) is 0 Å². The number of halogens is 1. The predicted octanol–water partition coefficient (Wildman–Crippen LogP) is 2.47. The van der Waals surface area contributed by atoms with Crippen LogP contribution in [0.25, 0.3) is 0 Å². The molecule has 18 heavy (non-hydrogen) atoms. The fourth-order valence-electron chi connectivity index (χ4n) is 1.51. The van der Waals surface area contributed by atoms with Crippen LogP contribution >= 0.6 is 12.2 Å². The second-order valence-electron chi connectivity index (χ2n) is 3.74. The van der Waals surface area contributed by atoms with Crippen molar-refractivity contribution in [2.75, 3.05) is 5.32 Å². The molecule has 5 heteroatoms. The Balaban J connectivity index is 2.09. The number of nitrogens with one attached hydrogen (secondary N) is 1. The Morgan fingerprint density at radius 2 is 2.11 bits per heavy atom. The number of anilines is 1. The number of nitrogens with two attached hydrogens (primary N) is 1. The van der Waals surface area contributed by atoms with Gasteiger partial charge in [0.25, 0.3) is 0 Å². The van der Waals surface area contributed by atoms with Crippen molar-refractivity contribution in [2.24, 2.45) is 5.73 Å². The fraction of sp³-hybridized carbons (Fsp3) is 0.0769. The SMILES string of the molecule is NC(=S)c1cc(NCc2ccccc2F)ccn1. The van der Waals surface area contributed by atoms with Gasteiger partial charge in [0.1, 0.15) is 10.8 Å². The first-order valence-electron chi connectivity index (χ1n) is 5.40. The third-order valence-corrected chi connectivity index (χ3v) is 2.66. The minimum Gasteiger partial charge on any atom is -0.388 e. The van der Waals surface area contributed by atoms with Crippen molar-refractivity contribution >= 4 is 22.9 Å². The Bertz CT molecular complexity index is 572. The smallest absolute Gasteiger partial charge is 0.128 e. The molecule has 0 unspecified atom stereocenters. The van der Waals surface area contributed by atoms with Crippen LogP contribution in [0.2, 0.25) is 0 Å². The quantitative estimate of drug-likeness (QED) is 0.830. The lowest BCUT2D eigenvalue weighted by Crippen LogP contribution is -2.12. The van der Waals surface area contributed by atoms with Crippen LogP contribution in [-0.2, 0) is 6.54 Å². The average molecular weight is 261 g/mol. The zero-order valence-electron chi connectivity index (χ0n) is 9.56. The molecular weight excluding hydrogens is 249 g/mol. The Hall–Kier alpha value is -2.01. The first-order valence-corrected chi connectivity index (χ1v) is 5.81. The van der Waals surface area contributed by atoms with Gasteiger partial charge in [0.05, 0.1) is 5.69 Å². The van der Waals surface area contributed by atoms with Gasteiger partial charge in [0.2, 0.25) is 0 Å². The average Bonchev–Trinajstić information content (AvgIpc) is 2.38. The largest absolute Gasteiger partial charge is 0.388 e. The molecule has 0 radical (unpaired) electrons. The number of hydrogen-bond acceptors (Lipinski definition) is 3. The van der Waals surface area contributed by atoms with Crippen LogP contribution in [0.1, 0.15) is 11.3 Å². The van der Waals surface area contributed by atoms with Gasteiger partial charge in [-0.05, 0) is 18.2 Å². The molecular formula is C13H12FN3S. The van der Waals surface area contributed by atoms with Gasteiger partial charge in [-0.3, -0.25) is 4.98 Å². The molecule has 0 saturated carbocycles. The van der Waals surface area contributed by atoms with Crippen LogP contribution in [-0.4, -0.2) is 9.97 Å². The summed E-state index contributed by atoms with van der Waals surface area (Å²) in [5.41, 5.74) is 7.44. The van der Waals surface area contributed by atoms with Crippen molar-refractivity contribution in [2.45, 2.75) is 6.54 Å². The lowest BCUT2D eigenvalue weighted by Gasteiger charge is -2.08. The van der Waals surface area contributed by atoms with E-state index in [9.17, 15) is 4.39 Å². The summed E-state index contributed by atoms with van der Waals surface area (Å²) in [6, 6.07) is 10.1. The zero-order chi connectivity index (χ0) is 13.0. The molecule has 1 aromatic carbocycles.